The summed E-state index contributed by atoms with van der Waals surface area (Å²) in [5.41, 5.74) is 5.59. The number of nitrogens with zero attached hydrogens (tertiary/aromatic N) is 1. The van der Waals surface area contributed by atoms with Gasteiger partial charge in [0, 0.05) is 5.92 Å². The van der Waals surface area contributed by atoms with Crippen molar-refractivity contribution in [3.63, 3.8) is 0 Å². The summed E-state index contributed by atoms with van der Waals surface area (Å²) in [5, 5.41) is 0. The molecule has 0 aromatic rings. The van der Waals surface area contributed by atoms with Gasteiger partial charge in [-0.25, -0.2) is 0 Å². The molecule has 0 saturated carbocycles. The standard InChI is InChI=1S/C12H24N2O/c13-5-1-11-2-6-14(7-3-11)8-4-12-9-15-10-12/h11-12H,1-10,13H2. The first-order valence-electron chi connectivity index (χ1n) is 6.38. The average molecular weight is 212 g/mol. The first-order chi connectivity index (χ1) is 7.38. The van der Waals surface area contributed by atoms with Crippen LogP contribution in [-0.4, -0.2) is 44.3 Å². The molecular weight excluding hydrogens is 188 g/mol. The Morgan fingerprint density at radius 1 is 1.07 bits per heavy atom. The molecule has 0 aromatic heterocycles. The van der Waals surface area contributed by atoms with E-state index in [1.165, 1.54) is 45.3 Å². The van der Waals surface area contributed by atoms with Gasteiger partial charge in [-0.1, -0.05) is 0 Å². The first-order valence-corrected chi connectivity index (χ1v) is 6.38. The van der Waals surface area contributed by atoms with Crippen molar-refractivity contribution in [2.24, 2.45) is 17.6 Å². The Morgan fingerprint density at radius 3 is 2.33 bits per heavy atom. The molecular formula is C12H24N2O. The normalized spacial score (nSPS) is 25.4. The zero-order valence-corrected chi connectivity index (χ0v) is 9.66. The predicted octanol–water partition coefficient (Wildman–Crippen LogP) is 1.08. The van der Waals surface area contributed by atoms with Gasteiger partial charge in [0.2, 0.25) is 0 Å². The molecule has 0 radical (unpaired) electrons. The Balaban J connectivity index is 1.56. The van der Waals surface area contributed by atoms with Gasteiger partial charge in [-0.2, -0.15) is 0 Å². The summed E-state index contributed by atoms with van der Waals surface area (Å²) in [6.45, 7) is 6.73. The lowest BCUT2D eigenvalue weighted by atomic mass is 9.93. The number of piperidine rings is 1. The Bertz CT molecular complexity index is 174. The lowest BCUT2D eigenvalue weighted by Crippen LogP contribution is -2.38. The van der Waals surface area contributed by atoms with Crippen LogP contribution in [-0.2, 0) is 4.74 Å². The van der Waals surface area contributed by atoms with Crippen LogP contribution >= 0.6 is 0 Å². The zero-order valence-electron chi connectivity index (χ0n) is 9.66. The van der Waals surface area contributed by atoms with Gasteiger partial charge in [-0.3, -0.25) is 0 Å². The molecule has 0 amide bonds. The summed E-state index contributed by atoms with van der Waals surface area (Å²) in [5.74, 6) is 1.75. The maximum Gasteiger partial charge on any atom is 0.0516 e. The van der Waals surface area contributed by atoms with Crippen LogP contribution in [0.3, 0.4) is 0 Å². The Labute approximate surface area is 93.0 Å². The molecule has 2 N–H and O–H groups in total. The van der Waals surface area contributed by atoms with E-state index in [2.05, 4.69) is 4.90 Å². The lowest BCUT2D eigenvalue weighted by molar-refractivity contribution is -0.0399. The van der Waals surface area contributed by atoms with Crippen LogP contribution in [0.4, 0.5) is 0 Å². The van der Waals surface area contributed by atoms with Gasteiger partial charge >= 0.3 is 0 Å². The van der Waals surface area contributed by atoms with Crippen molar-refractivity contribution in [3.05, 3.63) is 0 Å². The molecule has 0 bridgehead atoms. The van der Waals surface area contributed by atoms with E-state index in [0.717, 1.165) is 31.6 Å². The molecule has 0 aliphatic carbocycles. The number of ether oxygens (including phenoxy) is 1. The minimum atomic E-state index is 0.853. The first kappa shape index (κ1) is 11.4. The number of hydrogen-bond acceptors (Lipinski definition) is 3. The third-order valence-electron chi connectivity index (χ3n) is 3.84. The van der Waals surface area contributed by atoms with Gasteiger partial charge in [-0.05, 0) is 57.8 Å². The molecule has 2 fully saturated rings. The summed E-state index contributed by atoms with van der Waals surface area (Å²) in [6.07, 6.45) is 5.28. The van der Waals surface area contributed by atoms with Crippen molar-refractivity contribution in [2.45, 2.75) is 25.7 Å². The van der Waals surface area contributed by atoms with E-state index in [4.69, 9.17) is 10.5 Å². The number of likely N-dealkylation sites (tertiary alicyclic amines) is 1. The van der Waals surface area contributed by atoms with Crippen molar-refractivity contribution in [1.82, 2.24) is 4.90 Å². The highest BCUT2D eigenvalue weighted by Crippen LogP contribution is 2.21. The van der Waals surface area contributed by atoms with E-state index in [9.17, 15) is 0 Å². The molecule has 3 heteroatoms. The van der Waals surface area contributed by atoms with Gasteiger partial charge in [-0.15, -0.1) is 0 Å². The second-order valence-electron chi connectivity index (χ2n) is 5.05. The third kappa shape index (κ3) is 3.44. The topological polar surface area (TPSA) is 38.5 Å². The summed E-state index contributed by atoms with van der Waals surface area (Å²) >= 11 is 0. The highest BCUT2D eigenvalue weighted by Gasteiger charge is 2.22. The van der Waals surface area contributed by atoms with Crippen LogP contribution in [0.2, 0.25) is 0 Å². The molecule has 2 rings (SSSR count). The lowest BCUT2D eigenvalue weighted by Gasteiger charge is -2.34. The zero-order chi connectivity index (χ0) is 10.5. The Hall–Kier alpha value is -0.120. The minimum absolute atomic E-state index is 0.853. The SMILES string of the molecule is NCCC1CCN(CCC2COC2)CC1. The van der Waals surface area contributed by atoms with Crippen LogP contribution in [0, 0.1) is 11.8 Å². The number of nitrogens with two attached hydrogens (primary N) is 1. The van der Waals surface area contributed by atoms with Gasteiger partial charge in [0.25, 0.3) is 0 Å². The summed E-state index contributed by atoms with van der Waals surface area (Å²) in [6, 6.07) is 0. The van der Waals surface area contributed by atoms with Crippen LogP contribution < -0.4 is 5.73 Å². The van der Waals surface area contributed by atoms with Crippen LogP contribution in [0.5, 0.6) is 0 Å². The molecule has 2 aliphatic heterocycles. The summed E-state index contributed by atoms with van der Waals surface area (Å²) < 4.78 is 5.19. The van der Waals surface area contributed by atoms with Crippen molar-refractivity contribution in [3.8, 4) is 0 Å². The van der Waals surface area contributed by atoms with Gasteiger partial charge in [0.1, 0.15) is 0 Å². The van der Waals surface area contributed by atoms with E-state index in [1.807, 2.05) is 0 Å². The quantitative estimate of drug-likeness (QED) is 0.741. The van der Waals surface area contributed by atoms with Gasteiger partial charge in [0.05, 0.1) is 13.2 Å². The highest BCUT2D eigenvalue weighted by atomic mass is 16.5. The molecule has 15 heavy (non-hydrogen) atoms. The highest BCUT2D eigenvalue weighted by molar-refractivity contribution is 4.74. The summed E-state index contributed by atoms with van der Waals surface area (Å²) in [7, 11) is 0. The van der Waals surface area contributed by atoms with Crippen LogP contribution in [0.15, 0.2) is 0 Å². The molecule has 2 saturated heterocycles. The Kier molecular flexibility index (Phi) is 4.42. The van der Waals surface area contributed by atoms with E-state index in [-0.39, 0.29) is 0 Å². The maximum atomic E-state index is 5.59. The van der Waals surface area contributed by atoms with E-state index in [1.54, 1.807) is 0 Å². The molecule has 0 aromatic carbocycles. The van der Waals surface area contributed by atoms with Crippen molar-refractivity contribution in [2.75, 3.05) is 39.4 Å². The fourth-order valence-corrected chi connectivity index (χ4v) is 2.55. The van der Waals surface area contributed by atoms with Gasteiger partial charge < -0.3 is 15.4 Å². The maximum absolute atomic E-state index is 5.59. The van der Waals surface area contributed by atoms with Crippen molar-refractivity contribution < 1.29 is 4.74 Å². The molecule has 88 valence electrons. The van der Waals surface area contributed by atoms with Crippen LogP contribution in [0.1, 0.15) is 25.7 Å². The third-order valence-corrected chi connectivity index (χ3v) is 3.84. The fraction of sp³-hybridized carbons (Fsp3) is 1.00. The monoisotopic (exact) mass is 212 g/mol. The number of hydrogen-bond donors (Lipinski definition) is 1. The molecule has 0 unspecified atom stereocenters. The molecule has 0 spiro atoms. The molecule has 0 atom stereocenters. The fourth-order valence-electron chi connectivity index (χ4n) is 2.55. The van der Waals surface area contributed by atoms with E-state index >= 15 is 0 Å². The largest absolute Gasteiger partial charge is 0.381 e. The smallest absolute Gasteiger partial charge is 0.0516 e. The number of rotatable bonds is 5. The van der Waals surface area contributed by atoms with Gasteiger partial charge in [0.15, 0.2) is 0 Å². The minimum Gasteiger partial charge on any atom is -0.381 e. The average Bonchev–Trinajstić information content (AvgIpc) is 2.19. The molecule has 2 aliphatic rings. The van der Waals surface area contributed by atoms with Crippen molar-refractivity contribution >= 4 is 0 Å². The Morgan fingerprint density at radius 2 is 1.80 bits per heavy atom. The second kappa shape index (κ2) is 5.83. The second-order valence-corrected chi connectivity index (χ2v) is 5.05. The van der Waals surface area contributed by atoms with E-state index < -0.39 is 0 Å². The van der Waals surface area contributed by atoms with E-state index in [0.29, 0.717) is 0 Å². The van der Waals surface area contributed by atoms with Crippen molar-refractivity contribution in [1.29, 1.82) is 0 Å². The summed E-state index contributed by atoms with van der Waals surface area (Å²) in [4.78, 5) is 2.62. The molecule has 2 heterocycles. The molecule has 3 nitrogen and oxygen atoms in total. The van der Waals surface area contributed by atoms with Crippen LogP contribution in [0.25, 0.3) is 0 Å². The predicted molar refractivity (Wildman–Crippen MR) is 61.8 cm³/mol.